The van der Waals surface area contributed by atoms with Crippen LogP contribution in [0.3, 0.4) is 0 Å². The Labute approximate surface area is 175 Å². The fourth-order valence-electron chi connectivity index (χ4n) is 2.96. The van der Waals surface area contributed by atoms with E-state index in [-0.39, 0.29) is 0 Å². The molecule has 0 amide bonds. The highest BCUT2D eigenvalue weighted by Gasteiger charge is 2.08. The molecule has 3 aromatic carbocycles. The highest BCUT2D eigenvalue weighted by atomic mass is 16.6. The molecule has 0 saturated carbocycles. The van der Waals surface area contributed by atoms with Crippen LogP contribution in [0.4, 0.5) is 11.5 Å². The van der Waals surface area contributed by atoms with Gasteiger partial charge in [-0.05, 0) is 36.8 Å². The lowest BCUT2D eigenvalue weighted by atomic mass is 10.2. The van der Waals surface area contributed by atoms with Gasteiger partial charge >= 0.3 is 0 Å². The first-order chi connectivity index (χ1) is 14.8. The Hall–Kier alpha value is -3.77. The molecule has 0 radical (unpaired) electrons. The fraction of sp³-hybridized carbons (Fsp3) is 0.125. The highest BCUT2D eigenvalue weighted by Crippen LogP contribution is 2.17. The van der Waals surface area contributed by atoms with E-state index in [4.69, 9.17) is 9.57 Å². The largest absolute Gasteiger partial charge is 0.488 e. The number of nitrogens with two attached hydrogens (primary N) is 1. The number of aromatic nitrogens is 2. The minimum atomic E-state index is 0.369. The molecule has 0 aliphatic carbocycles. The summed E-state index contributed by atoms with van der Waals surface area (Å²) < 4.78 is 5.80. The molecule has 6 nitrogen and oxygen atoms in total. The van der Waals surface area contributed by atoms with Crippen LogP contribution in [0.1, 0.15) is 12.5 Å². The molecular formula is C24H23N4O2+. The second kappa shape index (κ2) is 9.62. The SMILES string of the molecule is C/C(COc1ccc([NH2+]c2ncnc3ccccc23)cc1)=N\OCc1ccccc1. The molecule has 1 heterocycles. The molecule has 4 aromatic rings. The fourth-order valence-corrected chi connectivity index (χ4v) is 2.96. The molecule has 0 unspecified atom stereocenters. The molecule has 0 fully saturated rings. The van der Waals surface area contributed by atoms with Crippen molar-refractivity contribution in [2.75, 3.05) is 6.61 Å². The number of benzene rings is 3. The van der Waals surface area contributed by atoms with Gasteiger partial charge in [0.25, 0.3) is 0 Å². The second-order valence-electron chi connectivity index (χ2n) is 6.86. The first-order valence-electron chi connectivity index (χ1n) is 9.75. The summed E-state index contributed by atoms with van der Waals surface area (Å²) in [5.41, 5.74) is 3.83. The maximum Gasteiger partial charge on any atom is 0.240 e. The van der Waals surface area contributed by atoms with Gasteiger partial charge in [0.05, 0.1) is 16.6 Å². The molecule has 6 heteroatoms. The van der Waals surface area contributed by atoms with Crippen molar-refractivity contribution in [2.45, 2.75) is 13.5 Å². The van der Waals surface area contributed by atoms with E-state index >= 15 is 0 Å². The number of para-hydroxylation sites is 1. The molecule has 0 spiro atoms. The molecule has 0 aliphatic heterocycles. The van der Waals surface area contributed by atoms with E-state index < -0.39 is 0 Å². The standard InChI is InChI=1S/C24H22N4O2/c1-18(28-30-16-19-7-3-2-4-8-19)15-29-21-13-11-20(12-14-21)27-24-22-9-5-6-10-23(22)25-17-26-24/h2-14,17H,15-16H2,1H3,(H,25,26,27)/p+1/b28-18+. The minimum absolute atomic E-state index is 0.369. The number of fused-ring (bicyclic) bond motifs is 1. The van der Waals surface area contributed by atoms with Crippen LogP contribution in [0, 0.1) is 0 Å². The Morgan fingerprint density at radius 1 is 0.900 bits per heavy atom. The number of ether oxygens (including phenoxy) is 1. The lowest BCUT2D eigenvalue weighted by Gasteiger charge is -2.07. The molecule has 150 valence electrons. The summed E-state index contributed by atoms with van der Waals surface area (Å²) in [6.45, 7) is 2.70. The van der Waals surface area contributed by atoms with Gasteiger partial charge in [0.1, 0.15) is 31.0 Å². The number of rotatable bonds is 8. The maximum atomic E-state index is 5.80. The van der Waals surface area contributed by atoms with Gasteiger partial charge in [-0.3, -0.25) is 5.32 Å². The topological polar surface area (TPSA) is 73.2 Å². The number of oxime groups is 1. The first-order valence-corrected chi connectivity index (χ1v) is 9.75. The summed E-state index contributed by atoms with van der Waals surface area (Å²) in [5.74, 6) is 1.67. The lowest BCUT2D eigenvalue weighted by Crippen LogP contribution is -2.71. The second-order valence-corrected chi connectivity index (χ2v) is 6.86. The Morgan fingerprint density at radius 3 is 2.50 bits per heavy atom. The van der Waals surface area contributed by atoms with Crippen LogP contribution >= 0.6 is 0 Å². The molecule has 0 bridgehead atoms. The Morgan fingerprint density at radius 2 is 1.67 bits per heavy atom. The van der Waals surface area contributed by atoms with Gasteiger partial charge in [-0.2, -0.15) is 4.98 Å². The van der Waals surface area contributed by atoms with Crippen molar-refractivity contribution in [3.63, 3.8) is 0 Å². The summed E-state index contributed by atoms with van der Waals surface area (Å²) >= 11 is 0. The van der Waals surface area contributed by atoms with E-state index in [0.717, 1.165) is 39.4 Å². The molecule has 0 aliphatic rings. The average Bonchev–Trinajstić information content (AvgIpc) is 2.80. The zero-order valence-corrected chi connectivity index (χ0v) is 16.7. The van der Waals surface area contributed by atoms with Crippen molar-refractivity contribution < 1.29 is 14.9 Å². The van der Waals surface area contributed by atoms with Crippen molar-refractivity contribution in [1.29, 1.82) is 0 Å². The quantitative estimate of drug-likeness (QED) is 0.275. The Bertz CT molecular complexity index is 1120. The van der Waals surface area contributed by atoms with Gasteiger partial charge in [0.2, 0.25) is 5.82 Å². The smallest absolute Gasteiger partial charge is 0.240 e. The summed E-state index contributed by atoms with van der Waals surface area (Å²) in [5, 5.41) is 7.18. The van der Waals surface area contributed by atoms with E-state index in [1.165, 1.54) is 0 Å². The number of nitrogens with zero attached hydrogens (tertiary/aromatic N) is 3. The van der Waals surface area contributed by atoms with Crippen LogP contribution in [-0.4, -0.2) is 22.3 Å². The van der Waals surface area contributed by atoms with E-state index in [2.05, 4.69) is 15.1 Å². The Balaban J connectivity index is 1.31. The third-order valence-corrected chi connectivity index (χ3v) is 4.50. The molecule has 4 rings (SSSR count). The summed E-state index contributed by atoms with van der Waals surface area (Å²) in [7, 11) is 0. The number of hydrogen-bond acceptors (Lipinski definition) is 5. The van der Waals surface area contributed by atoms with Gasteiger partial charge in [0.15, 0.2) is 0 Å². The van der Waals surface area contributed by atoms with E-state index in [1.54, 1.807) is 6.33 Å². The predicted molar refractivity (Wildman–Crippen MR) is 117 cm³/mol. The van der Waals surface area contributed by atoms with Gasteiger partial charge in [-0.15, -0.1) is 0 Å². The monoisotopic (exact) mass is 399 g/mol. The van der Waals surface area contributed by atoms with Crippen LogP contribution in [0.2, 0.25) is 0 Å². The zero-order chi connectivity index (χ0) is 20.6. The zero-order valence-electron chi connectivity index (χ0n) is 16.7. The van der Waals surface area contributed by atoms with Crippen molar-refractivity contribution >= 4 is 28.1 Å². The van der Waals surface area contributed by atoms with E-state index in [9.17, 15) is 0 Å². The lowest BCUT2D eigenvalue weighted by molar-refractivity contribution is -0.481. The summed E-state index contributed by atoms with van der Waals surface area (Å²) in [4.78, 5) is 14.1. The molecule has 2 N–H and O–H groups in total. The molecule has 0 saturated heterocycles. The van der Waals surface area contributed by atoms with Crippen molar-refractivity contribution in [1.82, 2.24) is 9.97 Å². The summed E-state index contributed by atoms with van der Waals surface area (Å²) in [6.07, 6.45) is 1.59. The van der Waals surface area contributed by atoms with Gasteiger partial charge < -0.3 is 9.57 Å². The third kappa shape index (κ3) is 5.18. The minimum Gasteiger partial charge on any atom is -0.488 e. The van der Waals surface area contributed by atoms with Crippen LogP contribution in [0.25, 0.3) is 10.9 Å². The van der Waals surface area contributed by atoms with Gasteiger partial charge in [0, 0.05) is 12.1 Å². The molecule has 0 atom stereocenters. The third-order valence-electron chi connectivity index (χ3n) is 4.50. The van der Waals surface area contributed by atoms with E-state index in [0.29, 0.717) is 13.2 Å². The maximum absolute atomic E-state index is 5.80. The summed E-state index contributed by atoms with van der Waals surface area (Å²) in [6, 6.07) is 25.8. The van der Waals surface area contributed by atoms with Crippen LogP contribution in [0.15, 0.2) is 90.3 Å². The first kappa shape index (κ1) is 19.5. The van der Waals surface area contributed by atoms with Crippen molar-refractivity contribution in [3.8, 4) is 5.75 Å². The number of hydrogen-bond donors (Lipinski definition) is 1. The number of quaternary nitrogens is 1. The van der Waals surface area contributed by atoms with Crippen LogP contribution in [0.5, 0.6) is 5.75 Å². The molecule has 30 heavy (non-hydrogen) atoms. The normalized spacial score (nSPS) is 11.4. The van der Waals surface area contributed by atoms with E-state index in [1.807, 2.05) is 91.1 Å². The van der Waals surface area contributed by atoms with Crippen molar-refractivity contribution in [2.24, 2.45) is 5.16 Å². The van der Waals surface area contributed by atoms with Gasteiger partial charge in [-0.1, -0.05) is 47.6 Å². The predicted octanol–water partition coefficient (Wildman–Crippen LogP) is 4.13. The molecule has 1 aromatic heterocycles. The average molecular weight is 399 g/mol. The highest BCUT2D eigenvalue weighted by molar-refractivity contribution is 5.85. The van der Waals surface area contributed by atoms with Gasteiger partial charge in [-0.25, -0.2) is 4.98 Å². The van der Waals surface area contributed by atoms with Crippen LogP contribution < -0.4 is 10.1 Å². The Kier molecular flexibility index (Phi) is 6.27. The molecular weight excluding hydrogens is 376 g/mol. The van der Waals surface area contributed by atoms with Crippen molar-refractivity contribution in [3.05, 3.63) is 90.8 Å². The van der Waals surface area contributed by atoms with Crippen LogP contribution in [-0.2, 0) is 11.4 Å².